The van der Waals surface area contributed by atoms with Gasteiger partial charge in [-0.15, -0.1) is 0 Å². The van der Waals surface area contributed by atoms with E-state index < -0.39 is 0 Å². The zero-order chi connectivity index (χ0) is 27.7. The number of nitrogens with zero attached hydrogens (tertiary/aromatic N) is 2. The van der Waals surface area contributed by atoms with Crippen LogP contribution in [0.1, 0.15) is 67.3 Å². The molecule has 1 atom stereocenters. The highest BCUT2D eigenvalue weighted by atomic mass is 16.1. The summed E-state index contributed by atoms with van der Waals surface area (Å²) in [7, 11) is 0. The highest BCUT2D eigenvalue weighted by Gasteiger charge is 2.41. The average molecular weight is 544 g/mol. The van der Waals surface area contributed by atoms with Crippen LogP contribution in [0.25, 0.3) is 44.1 Å². The van der Waals surface area contributed by atoms with Crippen molar-refractivity contribution < 1.29 is 0 Å². The zero-order valence-corrected chi connectivity index (χ0v) is 23.3. The number of hydrogen-bond acceptors (Lipinski definition) is 5. The smallest absolute Gasteiger partial charge is 0.258 e. The predicted molar refractivity (Wildman–Crippen MR) is 162 cm³/mol. The molecule has 2 aromatic heterocycles. The van der Waals surface area contributed by atoms with Gasteiger partial charge in [0, 0.05) is 0 Å². The van der Waals surface area contributed by atoms with Crippen LogP contribution in [0.4, 0.5) is 0 Å². The minimum atomic E-state index is -0.100. The van der Waals surface area contributed by atoms with Crippen LogP contribution in [-0.2, 0) is 12.8 Å². The second kappa shape index (κ2) is 9.21. The van der Waals surface area contributed by atoms with Crippen molar-refractivity contribution in [2.24, 2.45) is 5.41 Å². The quantitative estimate of drug-likeness (QED) is 0.263. The fourth-order valence-electron chi connectivity index (χ4n) is 7.76. The number of nitrogens with one attached hydrogen (secondary N) is 3. The summed E-state index contributed by atoms with van der Waals surface area (Å²) in [6.07, 6.45) is 9.27. The Morgan fingerprint density at radius 1 is 0.756 bits per heavy atom. The first-order valence-electron chi connectivity index (χ1n) is 14.9. The van der Waals surface area contributed by atoms with Gasteiger partial charge in [-0.1, -0.05) is 37.1 Å². The van der Waals surface area contributed by atoms with Gasteiger partial charge in [-0.3, -0.25) is 9.59 Å². The van der Waals surface area contributed by atoms with Crippen LogP contribution >= 0.6 is 0 Å². The van der Waals surface area contributed by atoms with Gasteiger partial charge in [0.1, 0.15) is 11.6 Å². The Hall–Kier alpha value is -4.10. The zero-order valence-electron chi connectivity index (χ0n) is 23.3. The Morgan fingerprint density at radius 3 is 1.98 bits per heavy atom. The van der Waals surface area contributed by atoms with Gasteiger partial charge >= 0.3 is 0 Å². The van der Waals surface area contributed by atoms with E-state index in [1.54, 1.807) is 0 Å². The van der Waals surface area contributed by atoms with Gasteiger partial charge in [-0.2, -0.15) is 0 Å². The molecule has 2 fully saturated rings. The molecular formula is C34H33N5O2. The maximum Gasteiger partial charge on any atom is 0.258 e. The average Bonchev–Trinajstić information content (AvgIpc) is 3.74. The van der Waals surface area contributed by atoms with E-state index in [0.29, 0.717) is 22.0 Å². The first-order chi connectivity index (χ1) is 20.0. The van der Waals surface area contributed by atoms with Crippen molar-refractivity contribution in [1.82, 2.24) is 25.3 Å². The van der Waals surface area contributed by atoms with Gasteiger partial charge in [0.2, 0.25) is 0 Å². The van der Waals surface area contributed by atoms with Crippen LogP contribution in [0, 0.1) is 12.3 Å². The largest absolute Gasteiger partial charge is 0.310 e. The number of hydrogen-bond donors (Lipinski definition) is 3. The van der Waals surface area contributed by atoms with E-state index in [9.17, 15) is 9.59 Å². The van der Waals surface area contributed by atoms with Crippen LogP contribution in [-0.4, -0.2) is 26.5 Å². The summed E-state index contributed by atoms with van der Waals surface area (Å²) in [5.41, 5.74) is 8.87. The summed E-state index contributed by atoms with van der Waals surface area (Å²) in [4.78, 5) is 41.2. The number of H-pyrrole nitrogens is 2. The van der Waals surface area contributed by atoms with E-state index in [2.05, 4.69) is 44.5 Å². The lowest BCUT2D eigenvalue weighted by atomic mass is 9.82. The van der Waals surface area contributed by atoms with Crippen molar-refractivity contribution >= 4 is 21.8 Å². The Kier molecular flexibility index (Phi) is 5.54. The Labute approximate surface area is 237 Å². The first kappa shape index (κ1) is 24.7. The summed E-state index contributed by atoms with van der Waals surface area (Å²) >= 11 is 0. The monoisotopic (exact) mass is 543 g/mol. The molecule has 7 heteroatoms. The normalized spacial score (nSPS) is 19.5. The lowest BCUT2D eigenvalue weighted by Crippen LogP contribution is -2.20. The maximum atomic E-state index is 13.2. The standard InChI is InChI=1S/C34H33N5O2/c1-19-36-28-10-6-20(15-24(28)32(40)37-19)22-8-9-23(27-18-34(17-26(22)27)12-2-3-13-34)21-7-11-29-25(16-21)33(41)39-31(38-29)30-5-4-14-35-30/h6-11,15-16,30,35H,2-5,12-14,17-18H2,1H3,(H,36,37,40)(H,38,39,41)/t30-/m0/s1. The topological polar surface area (TPSA) is 104 Å². The summed E-state index contributed by atoms with van der Waals surface area (Å²) in [5.74, 6) is 1.36. The van der Waals surface area contributed by atoms with Crippen molar-refractivity contribution in [2.75, 3.05) is 6.54 Å². The van der Waals surface area contributed by atoms with Crippen LogP contribution in [0.5, 0.6) is 0 Å². The molecule has 0 radical (unpaired) electrons. The second-order valence-electron chi connectivity index (χ2n) is 12.4. The molecular weight excluding hydrogens is 510 g/mol. The van der Waals surface area contributed by atoms with Crippen LogP contribution in [0.15, 0.2) is 58.1 Å². The van der Waals surface area contributed by atoms with Gasteiger partial charge in [-0.05, 0) is 115 Å². The van der Waals surface area contributed by atoms with Gasteiger partial charge < -0.3 is 15.3 Å². The molecule has 2 aliphatic carbocycles. The molecule has 3 aliphatic rings. The van der Waals surface area contributed by atoms with E-state index in [4.69, 9.17) is 4.98 Å². The summed E-state index contributed by atoms with van der Waals surface area (Å²) in [6.45, 7) is 2.77. The number of rotatable bonds is 3. The number of aryl methyl sites for hydroxylation is 1. The first-order valence-corrected chi connectivity index (χ1v) is 14.9. The second-order valence-corrected chi connectivity index (χ2v) is 12.4. The molecule has 1 saturated heterocycles. The molecule has 1 saturated carbocycles. The molecule has 0 bridgehead atoms. The molecule has 7 nitrogen and oxygen atoms in total. The minimum absolute atomic E-state index is 0.0775. The van der Waals surface area contributed by atoms with Gasteiger partial charge in [0.05, 0.1) is 27.8 Å². The van der Waals surface area contributed by atoms with Gasteiger partial charge in [0.25, 0.3) is 11.1 Å². The molecule has 3 aromatic carbocycles. The third kappa shape index (κ3) is 4.05. The number of benzene rings is 3. The maximum absolute atomic E-state index is 13.2. The molecule has 1 spiro atoms. The van der Waals surface area contributed by atoms with Crippen molar-refractivity contribution in [3.63, 3.8) is 0 Å². The highest BCUT2D eigenvalue weighted by Crippen LogP contribution is 2.53. The molecule has 3 heterocycles. The Bertz CT molecular complexity index is 1980. The molecule has 5 aromatic rings. The Morgan fingerprint density at radius 2 is 1.37 bits per heavy atom. The number of aromatic nitrogens is 4. The van der Waals surface area contributed by atoms with E-state index in [1.807, 2.05) is 31.2 Å². The van der Waals surface area contributed by atoms with Crippen molar-refractivity contribution in [3.8, 4) is 22.3 Å². The van der Waals surface area contributed by atoms with Crippen molar-refractivity contribution in [2.45, 2.75) is 64.3 Å². The molecule has 3 N–H and O–H groups in total. The molecule has 206 valence electrons. The van der Waals surface area contributed by atoms with E-state index in [-0.39, 0.29) is 17.2 Å². The minimum Gasteiger partial charge on any atom is -0.310 e. The van der Waals surface area contributed by atoms with Gasteiger partial charge in [0.15, 0.2) is 0 Å². The molecule has 41 heavy (non-hydrogen) atoms. The number of aromatic amines is 2. The summed E-state index contributed by atoms with van der Waals surface area (Å²) < 4.78 is 0. The van der Waals surface area contributed by atoms with Gasteiger partial charge in [-0.25, -0.2) is 9.97 Å². The van der Waals surface area contributed by atoms with Crippen LogP contribution in [0.3, 0.4) is 0 Å². The van der Waals surface area contributed by atoms with E-state index in [1.165, 1.54) is 47.9 Å². The lowest BCUT2D eigenvalue weighted by Gasteiger charge is -2.22. The third-order valence-corrected chi connectivity index (χ3v) is 9.76. The molecule has 0 unspecified atom stereocenters. The molecule has 0 amide bonds. The fraction of sp³-hybridized carbons (Fsp3) is 0.353. The molecule has 8 rings (SSSR count). The predicted octanol–water partition coefficient (Wildman–Crippen LogP) is 5.89. The van der Waals surface area contributed by atoms with E-state index in [0.717, 1.165) is 60.2 Å². The lowest BCUT2D eigenvalue weighted by molar-refractivity contribution is 0.318. The third-order valence-electron chi connectivity index (χ3n) is 9.76. The fourth-order valence-corrected chi connectivity index (χ4v) is 7.76. The highest BCUT2D eigenvalue weighted by molar-refractivity contribution is 5.88. The Balaban J connectivity index is 1.26. The SMILES string of the molecule is Cc1nc2ccc(-c3ccc(-c4ccc5nc([C@@H]6CCCN6)[nH]c(=O)c5c4)c4c3CC3(CCCC3)C4)cc2c(=O)[nH]1. The van der Waals surface area contributed by atoms with E-state index >= 15 is 0 Å². The summed E-state index contributed by atoms with van der Waals surface area (Å²) in [6, 6.07) is 16.7. The van der Waals surface area contributed by atoms with Crippen molar-refractivity contribution in [1.29, 1.82) is 0 Å². The van der Waals surface area contributed by atoms with Crippen LogP contribution < -0.4 is 16.4 Å². The summed E-state index contributed by atoms with van der Waals surface area (Å²) in [5, 5.41) is 4.68. The molecule has 1 aliphatic heterocycles. The van der Waals surface area contributed by atoms with Crippen molar-refractivity contribution in [3.05, 3.63) is 92.0 Å². The van der Waals surface area contributed by atoms with Crippen LogP contribution in [0.2, 0.25) is 0 Å². The number of fused-ring (bicyclic) bond motifs is 3.